The first-order valence-corrected chi connectivity index (χ1v) is 8.32. The quantitative estimate of drug-likeness (QED) is 0.793. The van der Waals surface area contributed by atoms with Crippen LogP contribution in [0.4, 0.5) is 0 Å². The number of benzene rings is 2. The van der Waals surface area contributed by atoms with Gasteiger partial charge in [-0.05, 0) is 43.2 Å². The van der Waals surface area contributed by atoms with Crippen molar-refractivity contribution in [1.82, 2.24) is 5.32 Å². The van der Waals surface area contributed by atoms with Crippen molar-refractivity contribution < 1.29 is 19.0 Å². The number of hydrogen-bond acceptors (Lipinski definition) is 4. The fourth-order valence-electron chi connectivity index (χ4n) is 2.48. The molecule has 0 saturated heterocycles. The fraction of sp³-hybridized carbons (Fsp3) is 0.350. The lowest BCUT2D eigenvalue weighted by atomic mass is 10.0. The molecule has 2 atom stereocenters. The zero-order valence-electron chi connectivity index (χ0n) is 15.1. The average Bonchev–Trinajstić information content (AvgIpc) is 2.66. The maximum atomic E-state index is 12.5. The van der Waals surface area contributed by atoms with Gasteiger partial charge in [-0.3, -0.25) is 4.79 Å². The highest BCUT2D eigenvalue weighted by molar-refractivity contribution is 5.81. The molecule has 0 heterocycles. The fourth-order valence-corrected chi connectivity index (χ4v) is 2.48. The predicted molar refractivity (Wildman–Crippen MR) is 97.3 cm³/mol. The first-order valence-electron chi connectivity index (χ1n) is 8.32. The van der Waals surface area contributed by atoms with E-state index in [1.165, 1.54) is 0 Å². The molecule has 1 N–H and O–H groups in total. The Morgan fingerprint density at radius 1 is 1.00 bits per heavy atom. The van der Waals surface area contributed by atoms with Crippen molar-refractivity contribution in [3.63, 3.8) is 0 Å². The minimum Gasteiger partial charge on any atom is -0.497 e. The second-order valence-corrected chi connectivity index (χ2v) is 5.68. The number of carbonyl (C=O) groups excluding carboxylic acids is 1. The van der Waals surface area contributed by atoms with E-state index in [9.17, 15) is 4.79 Å². The number of rotatable bonds is 8. The number of methoxy groups -OCH3 is 2. The van der Waals surface area contributed by atoms with Crippen molar-refractivity contribution >= 4 is 5.91 Å². The normalized spacial score (nSPS) is 12.8. The highest BCUT2D eigenvalue weighted by Gasteiger charge is 2.19. The monoisotopic (exact) mass is 343 g/mol. The van der Waals surface area contributed by atoms with Gasteiger partial charge in [0.15, 0.2) is 6.10 Å². The molecule has 5 nitrogen and oxygen atoms in total. The van der Waals surface area contributed by atoms with E-state index in [1.54, 1.807) is 33.3 Å². The highest BCUT2D eigenvalue weighted by Crippen LogP contribution is 2.22. The van der Waals surface area contributed by atoms with Gasteiger partial charge in [-0.15, -0.1) is 0 Å². The van der Waals surface area contributed by atoms with Crippen LogP contribution in [0.15, 0.2) is 48.5 Å². The highest BCUT2D eigenvalue weighted by atomic mass is 16.5. The molecule has 0 aliphatic heterocycles. The molecule has 2 aromatic carbocycles. The molecule has 0 bridgehead atoms. The van der Waals surface area contributed by atoms with Crippen molar-refractivity contribution in [2.75, 3.05) is 14.2 Å². The zero-order chi connectivity index (χ0) is 18.2. The van der Waals surface area contributed by atoms with Crippen LogP contribution in [0.2, 0.25) is 0 Å². The first-order chi connectivity index (χ1) is 12.1. The summed E-state index contributed by atoms with van der Waals surface area (Å²) in [6, 6.07) is 14.8. The Balaban J connectivity index is 1.99. The lowest BCUT2D eigenvalue weighted by Crippen LogP contribution is -2.38. The Morgan fingerprint density at radius 3 is 2.24 bits per heavy atom. The largest absolute Gasteiger partial charge is 0.497 e. The van der Waals surface area contributed by atoms with Gasteiger partial charge in [0.25, 0.3) is 5.91 Å². The molecule has 0 aliphatic rings. The minimum absolute atomic E-state index is 0.0743. The van der Waals surface area contributed by atoms with Gasteiger partial charge < -0.3 is 19.5 Å². The lowest BCUT2D eigenvalue weighted by molar-refractivity contribution is -0.128. The van der Waals surface area contributed by atoms with Crippen molar-refractivity contribution in [2.45, 2.75) is 32.4 Å². The van der Waals surface area contributed by atoms with E-state index in [0.717, 1.165) is 17.7 Å². The average molecular weight is 343 g/mol. The van der Waals surface area contributed by atoms with E-state index in [1.807, 2.05) is 43.3 Å². The molecule has 0 fully saturated rings. The molecule has 0 aromatic heterocycles. The lowest BCUT2D eigenvalue weighted by Gasteiger charge is -2.21. The summed E-state index contributed by atoms with van der Waals surface area (Å²) in [6.45, 7) is 3.76. The van der Waals surface area contributed by atoms with E-state index in [-0.39, 0.29) is 11.9 Å². The summed E-state index contributed by atoms with van der Waals surface area (Å²) in [7, 11) is 3.22. The summed E-state index contributed by atoms with van der Waals surface area (Å²) < 4.78 is 16.1. The molecule has 5 heteroatoms. The van der Waals surface area contributed by atoms with Crippen LogP contribution in [0.1, 0.15) is 31.9 Å². The van der Waals surface area contributed by atoms with Crippen LogP contribution < -0.4 is 19.5 Å². The third kappa shape index (κ3) is 5.14. The first kappa shape index (κ1) is 18.6. The summed E-state index contributed by atoms with van der Waals surface area (Å²) in [5.74, 6) is 1.92. The summed E-state index contributed by atoms with van der Waals surface area (Å²) in [5.41, 5.74) is 1.03. The van der Waals surface area contributed by atoms with Crippen LogP contribution in [-0.2, 0) is 4.79 Å². The Hall–Kier alpha value is -2.69. The van der Waals surface area contributed by atoms with Crippen molar-refractivity contribution in [1.29, 1.82) is 0 Å². The summed E-state index contributed by atoms with van der Waals surface area (Å²) >= 11 is 0. The Labute approximate surface area is 148 Å². The van der Waals surface area contributed by atoms with Crippen LogP contribution in [-0.4, -0.2) is 26.2 Å². The molecule has 0 aliphatic carbocycles. The van der Waals surface area contributed by atoms with Crippen LogP contribution in [0.25, 0.3) is 0 Å². The maximum Gasteiger partial charge on any atom is 0.261 e. The number of hydrogen-bond donors (Lipinski definition) is 1. The third-order valence-corrected chi connectivity index (χ3v) is 3.97. The standard InChI is InChI=1S/C20H25NO4/c1-5-19(15-9-11-16(23-3)12-10-15)21-20(22)14(2)25-18-8-6-7-17(13-18)24-4/h6-14,19H,5H2,1-4H3,(H,21,22). The van der Waals surface area contributed by atoms with Crippen LogP contribution in [0.3, 0.4) is 0 Å². The molecule has 0 spiro atoms. The minimum atomic E-state index is -0.612. The van der Waals surface area contributed by atoms with Crippen molar-refractivity contribution in [3.05, 3.63) is 54.1 Å². The Kier molecular flexibility index (Phi) is 6.69. The van der Waals surface area contributed by atoms with Gasteiger partial charge in [-0.2, -0.15) is 0 Å². The third-order valence-electron chi connectivity index (χ3n) is 3.97. The van der Waals surface area contributed by atoms with Crippen molar-refractivity contribution in [3.8, 4) is 17.2 Å². The van der Waals surface area contributed by atoms with Crippen LogP contribution in [0.5, 0.6) is 17.2 Å². The van der Waals surface area contributed by atoms with Gasteiger partial charge >= 0.3 is 0 Å². The smallest absolute Gasteiger partial charge is 0.261 e. The molecule has 25 heavy (non-hydrogen) atoms. The van der Waals surface area contributed by atoms with Gasteiger partial charge in [0.1, 0.15) is 17.2 Å². The van der Waals surface area contributed by atoms with E-state index >= 15 is 0 Å². The SMILES string of the molecule is CCC(NC(=O)C(C)Oc1cccc(OC)c1)c1ccc(OC)cc1. The van der Waals surface area contributed by atoms with Gasteiger partial charge in [-0.25, -0.2) is 0 Å². The van der Waals surface area contributed by atoms with Gasteiger partial charge in [0, 0.05) is 6.07 Å². The molecular weight excluding hydrogens is 318 g/mol. The molecule has 2 aromatic rings. The number of ether oxygens (including phenoxy) is 3. The molecule has 0 saturated carbocycles. The van der Waals surface area contributed by atoms with Crippen LogP contribution >= 0.6 is 0 Å². The summed E-state index contributed by atoms with van der Waals surface area (Å²) in [6.07, 6.45) is 0.170. The Morgan fingerprint density at radius 2 is 1.64 bits per heavy atom. The van der Waals surface area contributed by atoms with E-state index in [0.29, 0.717) is 11.5 Å². The molecule has 2 rings (SSSR count). The predicted octanol–water partition coefficient (Wildman–Crippen LogP) is 3.74. The van der Waals surface area contributed by atoms with E-state index in [4.69, 9.17) is 14.2 Å². The van der Waals surface area contributed by atoms with Crippen molar-refractivity contribution in [2.24, 2.45) is 0 Å². The molecule has 2 unspecified atom stereocenters. The molecular formula is C20H25NO4. The zero-order valence-corrected chi connectivity index (χ0v) is 15.1. The second kappa shape index (κ2) is 8.97. The summed E-state index contributed by atoms with van der Waals surface area (Å²) in [4.78, 5) is 12.5. The topological polar surface area (TPSA) is 56.8 Å². The van der Waals surface area contributed by atoms with E-state index < -0.39 is 6.10 Å². The Bertz CT molecular complexity index is 684. The van der Waals surface area contributed by atoms with Gasteiger partial charge in [-0.1, -0.05) is 25.1 Å². The molecule has 134 valence electrons. The number of nitrogens with one attached hydrogen (secondary N) is 1. The molecule has 1 amide bonds. The van der Waals surface area contributed by atoms with Gasteiger partial charge in [0.2, 0.25) is 0 Å². The maximum absolute atomic E-state index is 12.5. The summed E-state index contributed by atoms with van der Waals surface area (Å²) in [5, 5.41) is 3.03. The molecule has 0 radical (unpaired) electrons. The van der Waals surface area contributed by atoms with Gasteiger partial charge in [0.05, 0.1) is 20.3 Å². The second-order valence-electron chi connectivity index (χ2n) is 5.68. The number of carbonyl (C=O) groups is 1. The number of amides is 1. The van der Waals surface area contributed by atoms with E-state index in [2.05, 4.69) is 5.32 Å². The van der Waals surface area contributed by atoms with Crippen LogP contribution in [0, 0.1) is 0 Å².